The maximum absolute atomic E-state index is 12.4. The summed E-state index contributed by atoms with van der Waals surface area (Å²) in [5.41, 5.74) is 9.47. The number of aromatic nitrogens is 2. The number of primary amides is 1. The molecule has 0 spiro atoms. The molecule has 0 bridgehead atoms. The average Bonchev–Trinajstić information content (AvgIpc) is 3.01. The summed E-state index contributed by atoms with van der Waals surface area (Å²) in [7, 11) is 0. The van der Waals surface area contributed by atoms with Crippen LogP contribution in [-0.2, 0) is 11.2 Å². The number of nitrogens with zero attached hydrogens (tertiary/aromatic N) is 2. The quantitative estimate of drug-likeness (QED) is 0.736. The van der Waals surface area contributed by atoms with Gasteiger partial charge in [0, 0.05) is 23.2 Å². The lowest BCUT2D eigenvalue weighted by molar-refractivity contribution is -0.116. The molecule has 3 rings (SSSR count). The predicted octanol–water partition coefficient (Wildman–Crippen LogP) is 2.99. The van der Waals surface area contributed by atoms with Crippen LogP contribution in [0.1, 0.15) is 38.6 Å². The zero-order valence-corrected chi connectivity index (χ0v) is 15.2. The minimum absolute atomic E-state index is 0.144. The third-order valence-corrected chi connectivity index (χ3v) is 5.43. The number of pyridine rings is 1. The second-order valence-corrected chi connectivity index (χ2v) is 7.20. The van der Waals surface area contributed by atoms with E-state index in [0.717, 1.165) is 27.5 Å². The first-order chi connectivity index (χ1) is 11.9. The smallest absolute Gasteiger partial charge is 0.251 e. The van der Waals surface area contributed by atoms with Crippen molar-refractivity contribution in [1.29, 1.82) is 0 Å². The number of carbonyl (C=O) groups is 2. The summed E-state index contributed by atoms with van der Waals surface area (Å²) in [6.45, 7) is 5.69. The van der Waals surface area contributed by atoms with Gasteiger partial charge in [-0.3, -0.25) is 9.59 Å². The molecule has 0 aliphatic carbocycles. The van der Waals surface area contributed by atoms with E-state index in [0.29, 0.717) is 23.4 Å². The Balaban J connectivity index is 1.75. The predicted molar refractivity (Wildman–Crippen MR) is 99.2 cm³/mol. The lowest BCUT2D eigenvalue weighted by Crippen LogP contribution is -2.17. The monoisotopic (exact) mass is 356 g/mol. The van der Waals surface area contributed by atoms with Crippen molar-refractivity contribution in [3.63, 3.8) is 0 Å². The summed E-state index contributed by atoms with van der Waals surface area (Å²) >= 11 is 1.38. The second-order valence-electron chi connectivity index (χ2n) is 5.97. The van der Waals surface area contributed by atoms with Gasteiger partial charge in [-0.25, -0.2) is 4.98 Å². The summed E-state index contributed by atoms with van der Waals surface area (Å²) in [6, 6.07) is 5.81. The van der Waals surface area contributed by atoms with Crippen molar-refractivity contribution in [1.82, 2.24) is 9.38 Å². The number of imidazole rings is 1. The number of aryl methyl sites for hydroxylation is 3. The normalized spacial score (nSPS) is 11.0. The Hall–Kier alpha value is -2.67. The highest BCUT2D eigenvalue weighted by Gasteiger charge is 2.19. The fraction of sp³-hybridized carbons (Fsp3) is 0.278. The van der Waals surface area contributed by atoms with Gasteiger partial charge < -0.3 is 15.5 Å². The van der Waals surface area contributed by atoms with Crippen molar-refractivity contribution in [2.24, 2.45) is 5.73 Å². The Bertz CT molecular complexity index is 971. The van der Waals surface area contributed by atoms with Gasteiger partial charge in [0.1, 0.15) is 10.6 Å². The number of hydrogen-bond acceptors (Lipinski definition) is 4. The first-order valence-corrected chi connectivity index (χ1v) is 8.82. The Labute approximate surface area is 149 Å². The standard InChI is InChI=1S/C18H20N4O2S/c1-10-12(3)25-18(16(10)17(19)24)21-15(23)8-7-13-11(2)20-14-6-4-5-9-22(13)14/h4-6,9H,7-8H2,1-3H3,(H2,19,24)(H,21,23). The molecule has 0 aromatic carbocycles. The van der Waals surface area contributed by atoms with E-state index in [4.69, 9.17) is 5.73 Å². The number of anilines is 1. The van der Waals surface area contributed by atoms with Crippen LogP contribution in [0.4, 0.5) is 5.00 Å². The van der Waals surface area contributed by atoms with Crippen LogP contribution in [-0.4, -0.2) is 21.2 Å². The molecule has 2 amide bonds. The van der Waals surface area contributed by atoms with E-state index in [9.17, 15) is 9.59 Å². The van der Waals surface area contributed by atoms with E-state index >= 15 is 0 Å². The molecule has 3 N–H and O–H groups in total. The van der Waals surface area contributed by atoms with Crippen LogP contribution in [0.5, 0.6) is 0 Å². The molecule has 3 aromatic rings. The fourth-order valence-electron chi connectivity index (χ4n) is 2.90. The number of thiophene rings is 1. The number of hydrogen-bond donors (Lipinski definition) is 2. The van der Waals surface area contributed by atoms with Crippen molar-refractivity contribution < 1.29 is 9.59 Å². The number of nitrogens with two attached hydrogens (primary N) is 1. The molecule has 0 atom stereocenters. The highest BCUT2D eigenvalue weighted by Crippen LogP contribution is 2.32. The highest BCUT2D eigenvalue weighted by molar-refractivity contribution is 7.16. The van der Waals surface area contributed by atoms with Gasteiger partial charge in [0.25, 0.3) is 5.91 Å². The van der Waals surface area contributed by atoms with Crippen LogP contribution >= 0.6 is 11.3 Å². The van der Waals surface area contributed by atoms with E-state index in [-0.39, 0.29) is 5.91 Å². The van der Waals surface area contributed by atoms with Crippen molar-refractivity contribution in [2.75, 3.05) is 5.32 Å². The minimum atomic E-state index is -0.519. The van der Waals surface area contributed by atoms with Gasteiger partial charge >= 0.3 is 0 Å². The third-order valence-electron chi connectivity index (χ3n) is 4.30. The molecule has 3 heterocycles. The highest BCUT2D eigenvalue weighted by atomic mass is 32.1. The van der Waals surface area contributed by atoms with Crippen LogP contribution in [0.25, 0.3) is 5.65 Å². The molecule has 0 aliphatic heterocycles. The van der Waals surface area contributed by atoms with Gasteiger partial charge in [-0.1, -0.05) is 6.07 Å². The molecule has 25 heavy (non-hydrogen) atoms. The van der Waals surface area contributed by atoms with Gasteiger partial charge in [-0.2, -0.15) is 0 Å². The molecule has 130 valence electrons. The SMILES string of the molecule is Cc1nc2ccccn2c1CCC(=O)Nc1sc(C)c(C)c1C(N)=O. The summed E-state index contributed by atoms with van der Waals surface area (Å²) in [6.07, 6.45) is 2.82. The van der Waals surface area contributed by atoms with Crippen molar-refractivity contribution in [3.05, 3.63) is 51.8 Å². The van der Waals surface area contributed by atoms with E-state index in [1.54, 1.807) is 0 Å². The number of carbonyl (C=O) groups excluding carboxylic acids is 2. The largest absolute Gasteiger partial charge is 0.365 e. The number of rotatable bonds is 5. The molecule has 0 radical (unpaired) electrons. The maximum Gasteiger partial charge on any atom is 0.251 e. The molecular weight excluding hydrogens is 336 g/mol. The first kappa shape index (κ1) is 17.2. The van der Waals surface area contributed by atoms with Crippen LogP contribution in [0.3, 0.4) is 0 Å². The fourth-order valence-corrected chi connectivity index (χ4v) is 3.98. The minimum Gasteiger partial charge on any atom is -0.365 e. The second kappa shape index (κ2) is 6.68. The Morgan fingerprint density at radius 2 is 2.04 bits per heavy atom. The molecule has 0 saturated heterocycles. The summed E-state index contributed by atoms with van der Waals surface area (Å²) in [4.78, 5) is 29.5. The lowest BCUT2D eigenvalue weighted by Gasteiger charge is -2.06. The van der Waals surface area contributed by atoms with E-state index in [2.05, 4.69) is 10.3 Å². The third kappa shape index (κ3) is 3.28. The zero-order valence-electron chi connectivity index (χ0n) is 14.4. The van der Waals surface area contributed by atoms with Crippen molar-refractivity contribution in [3.8, 4) is 0 Å². The number of amides is 2. The zero-order chi connectivity index (χ0) is 18.1. The molecule has 0 unspecified atom stereocenters. The van der Waals surface area contributed by atoms with Crippen LogP contribution in [0.2, 0.25) is 0 Å². The van der Waals surface area contributed by atoms with Crippen molar-refractivity contribution >= 4 is 33.8 Å². The van der Waals surface area contributed by atoms with Gasteiger partial charge in [0.05, 0.1) is 11.3 Å². The Kier molecular flexibility index (Phi) is 4.59. The Morgan fingerprint density at radius 1 is 1.28 bits per heavy atom. The molecule has 7 heteroatoms. The summed E-state index contributed by atoms with van der Waals surface area (Å²) < 4.78 is 2.00. The topological polar surface area (TPSA) is 89.5 Å². The number of nitrogens with one attached hydrogen (secondary N) is 1. The molecule has 0 aliphatic rings. The number of fused-ring (bicyclic) bond motifs is 1. The van der Waals surface area contributed by atoms with E-state index < -0.39 is 5.91 Å². The van der Waals surface area contributed by atoms with Gasteiger partial charge in [-0.15, -0.1) is 11.3 Å². The molecular formula is C18H20N4O2S. The average molecular weight is 356 g/mol. The van der Waals surface area contributed by atoms with Crippen LogP contribution in [0, 0.1) is 20.8 Å². The van der Waals surface area contributed by atoms with E-state index in [1.165, 1.54) is 11.3 Å². The van der Waals surface area contributed by atoms with Crippen molar-refractivity contribution in [2.45, 2.75) is 33.6 Å². The molecule has 3 aromatic heterocycles. The summed E-state index contributed by atoms with van der Waals surface area (Å²) in [5, 5.41) is 3.36. The van der Waals surface area contributed by atoms with Crippen LogP contribution < -0.4 is 11.1 Å². The Morgan fingerprint density at radius 3 is 2.76 bits per heavy atom. The van der Waals surface area contributed by atoms with Gasteiger partial charge in [0.15, 0.2) is 0 Å². The lowest BCUT2D eigenvalue weighted by atomic mass is 10.1. The summed E-state index contributed by atoms with van der Waals surface area (Å²) in [5.74, 6) is -0.663. The van der Waals surface area contributed by atoms with Gasteiger partial charge in [0.2, 0.25) is 5.91 Å². The van der Waals surface area contributed by atoms with Crippen LogP contribution in [0.15, 0.2) is 24.4 Å². The molecule has 6 nitrogen and oxygen atoms in total. The first-order valence-electron chi connectivity index (χ1n) is 8.00. The molecule has 0 saturated carbocycles. The maximum atomic E-state index is 12.4. The van der Waals surface area contributed by atoms with Gasteiger partial charge in [-0.05, 0) is 44.9 Å². The van der Waals surface area contributed by atoms with E-state index in [1.807, 2.05) is 49.6 Å². The molecule has 0 fully saturated rings.